The Morgan fingerprint density at radius 1 is 1.18 bits per heavy atom. The smallest absolute Gasteiger partial charge is 0.290 e. The molecule has 0 spiro atoms. The molecule has 0 unspecified atom stereocenters. The summed E-state index contributed by atoms with van der Waals surface area (Å²) in [7, 11) is 4.28. The second-order valence-electron chi connectivity index (χ2n) is 9.73. The average Bonchev–Trinajstić information content (AvgIpc) is 3.12. The molecule has 1 amide bonds. The van der Waals surface area contributed by atoms with E-state index in [2.05, 4.69) is 58.6 Å². The number of hydrogen-bond acceptors (Lipinski definition) is 6. The predicted molar refractivity (Wildman–Crippen MR) is 128 cm³/mol. The van der Waals surface area contributed by atoms with Gasteiger partial charge in [-0.25, -0.2) is 0 Å². The van der Waals surface area contributed by atoms with Crippen LogP contribution in [0.1, 0.15) is 50.3 Å². The van der Waals surface area contributed by atoms with Crippen molar-refractivity contribution < 1.29 is 24.6 Å². The summed E-state index contributed by atoms with van der Waals surface area (Å²) in [6.45, 7) is 9.12. The van der Waals surface area contributed by atoms with Gasteiger partial charge in [0.25, 0.3) is 12.9 Å². The molecule has 4 rings (SSSR count). The van der Waals surface area contributed by atoms with Crippen LogP contribution in [0, 0.1) is 18.8 Å². The van der Waals surface area contributed by atoms with E-state index in [0.29, 0.717) is 29.8 Å². The van der Waals surface area contributed by atoms with Crippen molar-refractivity contribution in [1.29, 1.82) is 0 Å². The molecule has 1 aromatic rings. The van der Waals surface area contributed by atoms with E-state index in [4.69, 9.17) is 19.8 Å². The molecule has 10 heteroatoms. The van der Waals surface area contributed by atoms with Crippen LogP contribution in [0.2, 0.25) is 0 Å². The van der Waals surface area contributed by atoms with Crippen LogP contribution in [0.5, 0.6) is 0 Å². The quantitative estimate of drug-likeness (QED) is 0.593. The lowest BCUT2D eigenvalue weighted by atomic mass is 9.72. The summed E-state index contributed by atoms with van der Waals surface area (Å²) < 4.78 is 2.15. The molecule has 34 heavy (non-hydrogen) atoms. The van der Waals surface area contributed by atoms with Crippen molar-refractivity contribution in [2.75, 3.05) is 33.7 Å². The Bertz CT molecular complexity index is 793. The minimum atomic E-state index is -0.250. The highest BCUT2D eigenvalue weighted by atomic mass is 16.3. The highest BCUT2D eigenvalue weighted by molar-refractivity contribution is 5.78. The second kappa shape index (κ2) is 13.4. The molecular formula is C24H41N5O5. The van der Waals surface area contributed by atoms with Crippen LogP contribution in [0.4, 0.5) is 0 Å². The topological polar surface area (TPSA) is 119 Å². The van der Waals surface area contributed by atoms with Gasteiger partial charge in [-0.05, 0) is 58.5 Å². The Kier molecular flexibility index (Phi) is 11.0. The second-order valence-corrected chi connectivity index (χ2v) is 9.73. The summed E-state index contributed by atoms with van der Waals surface area (Å²) in [6, 6.07) is 0.824. The van der Waals surface area contributed by atoms with E-state index in [-0.39, 0.29) is 12.9 Å². The Morgan fingerprint density at radius 3 is 2.44 bits per heavy atom. The number of rotatable bonds is 6. The number of amides is 1. The molecule has 3 fully saturated rings. The summed E-state index contributed by atoms with van der Waals surface area (Å²) in [4.78, 5) is 36.8. The van der Waals surface area contributed by atoms with E-state index in [9.17, 15) is 4.79 Å². The van der Waals surface area contributed by atoms with Gasteiger partial charge in [0.2, 0.25) is 5.91 Å². The van der Waals surface area contributed by atoms with Gasteiger partial charge in [-0.15, -0.1) is 0 Å². The monoisotopic (exact) mass is 479 g/mol. The van der Waals surface area contributed by atoms with Gasteiger partial charge in [0, 0.05) is 62.5 Å². The van der Waals surface area contributed by atoms with Crippen molar-refractivity contribution in [2.45, 2.75) is 71.1 Å². The Hall–Kier alpha value is -2.46. The van der Waals surface area contributed by atoms with Crippen LogP contribution in [-0.2, 0) is 27.5 Å². The maximum Gasteiger partial charge on any atom is 0.290 e. The fourth-order valence-corrected chi connectivity index (χ4v) is 5.93. The molecule has 1 aromatic heterocycles. The zero-order chi connectivity index (χ0) is 25.3. The zero-order valence-electron chi connectivity index (χ0n) is 21.0. The van der Waals surface area contributed by atoms with Gasteiger partial charge in [0.1, 0.15) is 0 Å². The summed E-state index contributed by atoms with van der Waals surface area (Å²) in [5.74, 6) is 1.63. The van der Waals surface area contributed by atoms with Crippen LogP contribution in [-0.4, -0.2) is 99.4 Å². The molecular weight excluding hydrogens is 438 g/mol. The van der Waals surface area contributed by atoms with Crippen molar-refractivity contribution in [3.8, 4) is 0 Å². The van der Waals surface area contributed by atoms with Crippen molar-refractivity contribution in [2.24, 2.45) is 11.8 Å². The molecule has 0 aliphatic carbocycles. The lowest BCUT2D eigenvalue weighted by Gasteiger charge is -2.57. The minimum absolute atomic E-state index is 0.250. The number of likely N-dealkylation sites (N-methyl/N-ethyl adjacent to an activating group) is 1. The number of hydrogen-bond donors (Lipinski definition) is 2. The SMILES string of the molecule is CCCn1ncc(CN2C[C@H]3C[C@@H](C2)[C@H](CN(C)C)N2C(=O)CCC[C@@H]32)c1C.O=CO.O=CO. The third-order valence-corrected chi connectivity index (χ3v) is 7.16. The Labute approximate surface area is 202 Å². The number of carbonyl (C=O) groups excluding carboxylic acids is 1. The standard InChI is InChI=1S/C22H37N5O.2CH2O2/c1-5-9-26-16(2)19(11-23-26)14-25-12-17-10-18(13-25)21(15-24(3)4)27-20(17)7-6-8-22(27)28;2*2-1-3/h11,17-18,20-21H,5-10,12-15H2,1-4H3;2*1H,(H,2,3)/t17-,18+,20+,21+;;/m1../s1. The molecule has 3 aliphatic heterocycles. The molecule has 4 heterocycles. The van der Waals surface area contributed by atoms with Crippen LogP contribution >= 0.6 is 0 Å². The van der Waals surface area contributed by atoms with Crippen LogP contribution in [0.25, 0.3) is 0 Å². The summed E-state index contributed by atoms with van der Waals surface area (Å²) in [6.07, 6.45) is 7.49. The third kappa shape index (κ3) is 6.79. The van der Waals surface area contributed by atoms with E-state index < -0.39 is 0 Å². The first kappa shape index (κ1) is 27.8. The van der Waals surface area contributed by atoms with Gasteiger partial charge >= 0.3 is 0 Å². The first-order chi connectivity index (χ1) is 16.3. The fraction of sp³-hybridized carbons (Fsp3) is 0.750. The summed E-state index contributed by atoms with van der Waals surface area (Å²) in [5, 5.41) is 18.4. The van der Waals surface area contributed by atoms with E-state index in [1.165, 1.54) is 24.1 Å². The molecule has 0 aromatic carbocycles. The Morgan fingerprint density at radius 2 is 1.82 bits per heavy atom. The first-order valence-electron chi connectivity index (χ1n) is 12.2. The number of piperidine rings is 3. The van der Waals surface area contributed by atoms with Crippen molar-refractivity contribution >= 4 is 18.9 Å². The fourth-order valence-electron chi connectivity index (χ4n) is 5.93. The van der Waals surface area contributed by atoms with Gasteiger partial charge < -0.3 is 20.0 Å². The molecule has 4 atom stereocenters. The number of carbonyl (C=O) groups is 3. The predicted octanol–water partition coefficient (Wildman–Crippen LogP) is 1.77. The highest BCUT2D eigenvalue weighted by Crippen LogP contribution is 2.42. The van der Waals surface area contributed by atoms with Crippen molar-refractivity contribution in [3.05, 3.63) is 17.5 Å². The van der Waals surface area contributed by atoms with Crippen LogP contribution in [0.15, 0.2) is 6.20 Å². The molecule has 192 valence electrons. The zero-order valence-corrected chi connectivity index (χ0v) is 21.0. The Balaban J connectivity index is 0.000000618. The normalized spacial score (nSPS) is 26.0. The van der Waals surface area contributed by atoms with Crippen molar-refractivity contribution in [3.63, 3.8) is 0 Å². The van der Waals surface area contributed by atoms with Gasteiger partial charge in [-0.3, -0.25) is 24.0 Å². The van der Waals surface area contributed by atoms with E-state index in [1.807, 2.05) is 0 Å². The average molecular weight is 480 g/mol. The van der Waals surface area contributed by atoms with Crippen molar-refractivity contribution in [1.82, 2.24) is 24.5 Å². The maximum atomic E-state index is 12.8. The first-order valence-corrected chi connectivity index (χ1v) is 12.2. The van der Waals surface area contributed by atoms with Crippen LogP contribution < -0.4 is 0 Å². The largest absolute Gasteiger partial charge is 0.483 e. The molecule has 3 aliphatic rings. The molecule has 0 saturated carbocycles. The molecule has 10 nitrogen and oxygen atoms in total. The lowest BCUT2D eigenvalue weighted by molar-refractivity contribution is -0.153. The summed E-state index contributed by atoms with van der Waals surface area (Å²) >= 11 is 0. The highest BCUT2D eigenvalue weighted by Gasteiger charge is 2.49. The van der Waals surface area contributed by atoms with Gasteiger partial charge in [-0.2, -0.15) is 5.10 Å². The molecule has 2 N–H and O–H groups in total. The maximum absolute atomic E-state index is 12.8. The number of carboxylic acid groups (broad SMARTS) is 2. The minimum Gasteiger partial charge on any atom is -0.483 e. The van der Waals surface area contributed by atoms with Gasteiger partial charge in [-0.1, -0.05) is 6.92 Å². The van der Waals surface area contributed by atoms with Gasteiger partial charge in [0.05, 0.1) is 6.20 Å². The van der Waals surface area contributed by atoms with E-state index >= 15 is 0 Å². The molecule has 2 bridgehead atoms. The number of fused-ring (bicyclic) bond motifs is 4. The number of aromatic nitrogens is 2. The van der Waals surface area contributed by atoms with E-state index in [1.54, 1.807) is 0 Å². The lowest BCUT2D eigenvalue weighted by Crippen LogP contribution is -2.66. The third-order valence-electron chi connectivity index (χ3n) is 7.16. The summed E-state index contributed by atoms with van der Waals surface area (Å²) in [5.41, 5.74) is 2.69. The van der Waals surface area contributed by atoms with Crippen LogP contribution in [0.3, 0.4) is 0 Å². The number of aryl methyl sites for hydroxylation is 1. The molecule has 3 saturated heterocycles. The van der Waals surface area contributed by atoms with E-state index in [0.717, 1.165) is 52.0 Å². The number of nitrogens with zero attached hydrogens (tertiary/aromatic N) is 5. The number of likely N-dealkylation sites (tertiary alicyclic amines) is 1. The molecule has 0 radical (unpaired) electrons. The van der Waals surface area contributed by atoms with Gasteiger partial charge in [0.15, 0.2) is 0 Å².